The van der Waals surface area contributed by atoms with E-state index in [-0.39, 0.29) is 5.11 Å². The predicted molar refractivity (Wildman–Crippen MR) is 64.2 cm³/mol. The van der Waals surface area contributed by atoms with Crippen molar-refractivity contribution >= 4 is 28.9 Å². The van der Waals surface area contributed by atoms with E-state index in [9.17, 15) is 0 Å². The summed E-state index contributed by atoms with van der Waals surface area (Å²) in [4.78, 5) is 4.24. The van der Waals surface area contributed by atoms with Crippen molar-refractivity contribution < 1.29 is 4.74 Å². The zero-order chi connectivity index (χ0) is 10.7. The van der Waals surface area contributed by atoms with Crippen LogP contribution in [0.25, 0.3) is 0 Å². The summed E-state index contributed by atoms with van der Waals surface area (Å²) in [6.07, 6.45) is 0. The number of anilines is 1. The molecule has 0 radical (unpaired) electrons. The van der Waals surface area contributed by atoms with E-state index in [1.54, 1.807) is 0 Å². The molecule has 3 N–H and O–H groups in total. The van der Waals surface area contributed by atoms with E-state index in [4.69, 9.17) is 22.7 Å². The molecule has 1 aliphatic heterocycles. The number of ether oxygens (including phenoxy) is 1. The van der Waals surface area contributed by atoms with E-state index in [1.165, 1.54) is 0 Å². The largest absolute Gasteiger partial charge is 0.475 e. The Morgan fingerprint density at radius 3 is 2.93 bits per heavy atom. The fourth-order valence-electron chi connectivity index (χ4n) is 1.41. The number of nitrogens with zero attached hydrogens (tertiary/aromatic N) is 1. The SMILES string of the molecule is NC(=S)Nc1ccccc1C1=NCCO1. The molecular formula is C10H11N3OS. The Morgan fingerprint density at radius 1 is 1.47 bits per heavy atom. The van der Waals surface area contributed by atoms with Crippen LogP contribution < -0.4 is 11.1 Å². The van der Waals surface area contributed by atoms with Gasteiger partial charge in [0, 0.05) is 0 Å². The second-order valence-electron chi connectivity index (χ2n) is 3.07. The average Bonchev–Trinajstić information content (AvgIpc) is 2.70. The van der Waals surface area contributed by atoms with Gasteiger partial charge in [0.25, 0.3) is 0 Å². The van der Waals surface area contributed by atoms with E-state index in [0.29, 0.717) is 19.0 Å². The smallest absolute Gasteiger partial charge is 0.218 e. The van der Waals surface area contributed by atoms with Crippen LogP contribution in [-0.4, -0.2) is 24.2 Å². The molecule has 1 aliphatic rings. The Labute approximate surface area is 93.1 Å². The van der Waals surface area contributed by atoms with Gasteiger partial charge in [-0.25, -0.2) is 4.99 Å². The van der Waals surface area contributed by atoms with Gasteiger partial charge in [-0.2, -0.15) is 0 Å². The third-order valence-corrected chi connectivity index (χ3v) is 2.10. The van der Waals surface area contributed by atoms with Gasteiger partial charge in [0.2, 0.25) is 5.90 Å². The molecular weight excluding hydrogens is 210 g/mol. The summed E-state index contributed by atoms with van der Waals surface area (Å²) in [5.74, 6) is 0.648. The number of aliphatic imine (C=N–C) groups is 1. The van der Waals surface area contributed by atoms with E-state index in [0.717, 1.165) is 11.3 Å². The van der Waals surface area contributed by atoms with Crippen molar-refractivity contribution in [2.45, 2.75) is 0 Å². The monoisotopic (exact) mass is 221 g/mol. The van der Waals surface area contributed by atoms with Gasteiger partial charge in [-0.3, -0.25) is 0 Å². The maximum absolute atomic E-state index is 5.43. The van der Waals surface area contributed by atoms with Crippen molar-refractivity contribution in [3.63, 3.8) is 0 Å². The minimum absolute atomic E-state index is 0.237. The highest BCUT2D eigenvalue weighted by molar-refractivity contribution is 7.80. The number of thiocarbonyl (C=S) groups is 1. The highest BCUT2D eigenvalue weighted by Crippen LogP contribution is 2.18. The maximum Gasteiger partial charge on any atom is 0.218 e. The summed E-state index contributed by atoms with van der Waals surface area (Å²) in [7, 11) is 0. The maximum atomic E-state index is 5.43. The van der Waals surface area contributed by atoms with Crippen LogP contribution >= 0.6 is 12.2 Å². The van der Waals surface area contributed by atoms with Gasteiger partial charge in [-0.1, -0.05) is 12.1 Å². The Hall–Kier alpha value is -1.62. The molecule has 0 saturated carbocycles. The standard InChI is InChI=1S/C10H11N3OS/c11-10(15)13-8-4-2-1-3-7(8)9-12-5-6-14-9/h1-4H,5-6H2,(H3,11,13,15). The second kappa shape index (κ2) is 4.27. The van der Waals surface area contributed by atoms with E-state index < -0.39 is 0 Å². The third-order valence-electron chi connectivity index (χ3n) is 2.00. The fourth-order valence-corrected chi connectivity index (χ4v) is 1.52. The zero-order valence-corrected chi connectivity index (χ0v) is 8.88. The molecule has 1 aromatic carbocycles. The zero-order valence-electron chi connectivity index (χ0n) is 8.06. The van der Waals surface area contributed by atoms with Crippen LogP contribution in [-0.2, 0) is 4.74 Å². The molecule has 78 valence electrons. The number of para-hydroxylation sites is 1. The number of hydrogen-bond donors (Lipinski definition) is 2. The van der Waals surface area contributed by atoms with Crippen LogP contribution in [0.3, 0.4) is 0 Å². The molecule has 0 atom stereocenters. The van der Waals surface area contributed by atoms with E-state index in [1.807, 2.05) is 24.3 Å². The van der Waals surface area contributed by atoms with Gasteiger partial charge in [-0.15, -0.1) is 0 Å². The fraction of sp³-hybridized carbons (Fsp3) is 0.200. The Bertz CT molecular complexity index is 417. The van der Waals surface area contributed by atoms with Crippen molar-refractivity contribution in [2.24, 2.45) is 10.7 Å². The van der Waals surface area contributed by atoms with E-state index in [2.05, 4.69) is 10.3 Å². The lowest BCUT2D eigenvalue weighted by atomic mass is 10.2. The third kappa shape index (κ3) is 2.24. The highest BCUT2D eigenvalue weighted by Gasteiger charge is 2.13. The minimum atomic E-state index is 0.237. The number of rotatable bonds is 2. The van der Waals surface area contributed by atoms with Gasteiger partial charge in [-0.05, 0) is 24.4 Å². The molecule has 1 heterocycles. The van der Waals surface area contributed by atoms with Crippen molar-refractivity contribution in [3.8, 4) is 0 Å². The lowest BCUT2D eigenvalue weighted by Gasteiger charge is -2.09. The Balaban J connectivity index is 2.33. The van der Waals surface area contributed by atoms with Crippen LogP contribution in [0.1, 0.15) is 5.56 Å². The van der Waals surface area contributed by atoms with Crippen molar-refractivity contribution in [1.82, 2.24) is 0 Å². The lowest BCUT2D eigenvalue weighted by Crippen LogP contribution is -2.20. The number of benzene rings is 1. The molecule has 0 spiro atoms. The highest BCUT2D eigenvalue weighted by atomic mass is 32.1. The molecule has 0 unspecified atom stereocenters. The van der Waals surface area contributed by atoms with E-state index >= 15 is 0 Å². The number of nitrogens with one attached hydrogen (secondary N) is 1. The molecule has 0 saturated heterocycles. The van der Waals surface area contributed by atoms with Gasteiger partial charge in [0.1, 0.15) is 6.61 Å². The molecule has 0 aliphatic carbocycles. The predicted octanol–water partition coefficient (Wildman–Crippen LogP) is 1.12. The number of nitrogens with two attached hydrogens (primary N) is 1. The summed E-state index contributed by atoms with van der Waals surface area (Å²) < 4.78 is 5.39. The quantitative estimate of drug-likeness (QED) is 0.735. The molecule has 0 fully saturated rings. The molecule has 0 amide bonds. The topological polar surface area (TPSA) is 59.6 Å². The first-order chi connectivity index (χ1) is 7.27. The Morgan fingerprint density at radius 2 is 2.27 bits per heavy atom. The minimum Gasteiger partial charge on any atom is -0.475 e. The first-order valence-corrected chi connectivity index (χ1v) is 5.01. The summed E-state index contributed by atoms with van der Waals surface area (Å²) >= 11 is 4.80. The van der Waals surface area contributed by atoms with Crippen molar-refractivity contribution in [2.75, 3.05) is 18.5 Å². The second-order valence-corrected chi connectivity index (χ2v) is 3.51. The molecule has 15 heavy (non-hydrogen) atoms. The van der Waals surface area contributed by atoms with Crippen molar-refractivity contribution in [3.05, 3.63) is 29.8 Å². The normalized spacial score (nSPS) is 14.3. The Kier molecular flexibility index (Phi) is 2.82. The van der Waals surface area contributed by atoms with Gasteiger partial charge < -0.3 is 15.8 Å². The van der Waals surface area contributed by atoms with Crippen LogP contribution in [0.4, 0.5) is 5.69 Å². The lowest BCUT2D eigenvalue weighted by molar-refractivity contribution is 0.348. The molecule has 0 aromatic heterocycles. The molecule has 0 bridgehead atoms. The first kappa shape index (κ1) is 9.92. The molecule has 2 rings (SSSR count). The summed E-state index contributed by atoms with van der Waals surface area (Å²) in [5.41, 5.74) is 7.15. The van der Waals surface area contributed by atoms with Gasteiger partial charge in [0.05, 0.1) is 17.8 Å². The van der Waals surface area contributed by atoms with Gasteiger partial charge in [0.15, 0.2) is 5.11 Å². The molecule has 1 aromatic rings. The van der Waals surface area contributed by atoms with Crippen LogP contribution in [0.5, 0.6) is 0 Å². The summed E-state index contributed by atoms with van der Waals surface area (Å²) in [6, 6.07) is 7.63. The van der Waals surface area contributed by atoms with Crippen LogP contribution in [0, 0.1) is 0 Å². The average molecular weight is 221 g/mol. The summed E-state index contributed by atoms with van der Waals surface area (Å²) in [5, 5.41) is 3.14. The molecule has 4 nitrogen and oxygen atoms in total. The molecule has 5 heteroatoms. The first-order valence-electron chi connectivity index (χ1n) is 4.60. The van der Waals surface area contributed by atoms with Crippen LogP contribution in [0.15, 0.2) is 29.3 Å². The van der Waals surface area contributed by atoms with Gasteiger partial charge >= 0.3 is 0 Å². The van der Waals surface area contributed by atoms with Crippen LogP contribution in [0.2, 0.25) is 0 Å². The number of hydrogen-bond acceptors (Lipinski definition) is 3. The van der Waals surface area contributed by atoms with Crippen molar-refractivity contribution in [1.29, 1.82) is 0 Å². The summed E-state index contributed by atoms with van der Waals surface area (Å²) in [6.45, 7) is 1.34.